The van der Waals surface area contributed by atoms with Gasteiger partial charge in [-0.15, -0.1) is 0 Å². The van der Waals surface area contributed by atoms with Crippen molar-refractivity contribution in [3.63, 3.8) is 0 Å². The molecule has 0 heterocycles. The minimum Gasteiger partial charge on any atom is -0.285 e. The molecule has 6 nitrogen and oxygen atoms in total. The van der Waals surface area contributed by atoms with Gasteiger partial charge in [0.05, 0.1) is 6.61 Å². The Labute approximate surface area is 129 Å². The molecule has 8 heteroatoms. The number of rotatable bonds is 14. The van der Waals surface area contributed by atoms with Gasteiger partial charge in [0, 0.05) is 0 Å². The molecule has 0 bridgehead atoms. The quantitative estimate of drug-likeness (QED) is 0.295. The molecule has 1 N–H and O–H groups in total. The van der Waals surface area contributed by atoms with Crippen molar-refractivity contribution in [3.8, 4) is 0 Å². The lowest BCUT2D eigenvalue weighted by molar-refractivity contribution is 0.308. The third-order valence-electron chi connectivity index (χ3n) is 3.05. The summed E-state index contributed by atoms with van der Waals surface area (Å²) < 4.78 is 56.1. The average Bonchev–Trinajstić information content (AvgIpc) is 2.33. The largest absolute Gasteiger partial charge is 0.285 e. The summed E-state index contributed by atoms with van der Waals surface area (Å²) in [4.78, 5) is 0. The molecule has 0 atom stereocenters. The monoisotopic (exact) mass is 344 g/mol. The van der Waals surface area contributed by atoms with Crippen molar-refractivity contribution in [2.45, 2.75) is 71.1 Å². The van der Waals surface area contributed by atoms with E-state index in [0.29, 0.717) is 6.42 Å². The smallest absolute Gasteiger partial charge is 0.284 e. The number of unbranched alkanes of at least 4 members (excludes halogenated alkanes) is 9. The SMILES string of the molecule is CCCCCCCCCCCCOS(=O)(=O)CS(=O)(=O)O. The van der Waals surface area contributed by atoms with Gasteiger partial charge in [-0.25, -0.2) is 0 Å². The first kappa shape index (κ1) is 20.8. The van der Waals surface area contributed by atoms with E-state index in [9.17, 15) is 16.8 Å². The highest BCUT2D eigenvalue weighted by Crippen LogP contribution is 2.11. The fourth-order valence-corrected chi connectivity index (χ4v) is 4.09. The minimum absolute atomic E-state index is 0.0334. The van der Waals surface area contributed by atoms with Crippen molar-refractivity contribution in [1.82, 2.24) is 0 Å². The fraction of sp³-hybridized carbons (Fsp3) is 1.00. The Balaban J connectivity index is 3.44. The lowest BCUT2D eigenvalue weighted by Gasteiger charge is -2.04. The third kappa shape index (κ3) is 16.0. The minimum atomic E-state index is -4.56. The molecular formula is C13H28O6S2. The van der Waals surface area contributed by atoms with Crippen LogP contribution in [0.1, 0.15) is 71.1 Å². The standard InChI is InChI=1S/C13H28O6S2/c1-2-3-4-5-6-7-8-9-10-11-12-19-21(17,18)13-20(14,15)16/h2-13H2,1H3,(H,14,15,16). The zero-order chi connectivity index (χ0) is 16.2. The zero-order valence-electron chi connectivity index (χ0n) is 12.8. The highest BCUT2D eigenvalue weighted by molar-refractivity contribution is 8.03. The third-order valence-corrected chi connectivity index (χ3v) is 5.93. The summed E-state index contributed by atoms with van der Waals surface area (Å²) in [6, 6.07) is 0. The maximum atomic E-state index is 11.1. The molecule has 0 rings (SSSR count). The Bertz CT molecular complexity index is 441. The van der Waals surface area contributed by atoms with Gasteiger partial charge in [-0.3, -0.25) is 8.74 Å². The van der Waals surface area contributed by atoms with E-state index in [2.05, 4.69) is 11.1 Å². The van der Waals surface area contributed by atoms with Crippen molar-refractivity contribution in [1.29, 1.82) is 0 Å². The second kappa shape index (κ2) is 11.4. The molecule has 0 unspecified atom stereocenters. The fourth-order valence-electron chi connectivity index (χ4n) is 1.99. The Morgan fingerprint density at radius 3 is 1.62 bits per heavy atom. The Kier molecular flexibility index (Phi) is 11.3. The summed E-state index contributed by atoms with van der Waals surface area (Å²) in [5.74, 6) is 0. The van der Waals surface area contributed by atoms with Gasteiger partial charge in [-0.05, 0) is 6.42 Å². The molecule has 0 aromatic heterocycles. The predicted molar refractivity (Wildman–Crippen MR) is 83.1 cm³/mol. The normalized spacial score (nSPS) is 12.7. The van der Waals surface area contributed by atoms with Gasteiger partial charge in [-0.1, -0.05) is 64.7 Å². The van der Waals surface area contributed by atoms with Gasteiger partial charge < -0.3 is 0 Å². The lowest BCUT2D eigenvalue weighted by Crippen LogP contribution is -2.18. The summed E-state index contributed by atoms with van der Waals surface area (Å²) in [5, 5.41) is -1.38. The van der Waals surface area contributed by atoms with E-state index in [0.717, 1.165) is 19.3 Å². The summed E-state index contributed by atoms with van der Waals surface area (Å²) in [6.45, 7) is 2.16. The van der Waals surface area contributed by atoms with Gasteiger partial charge >= 0.3 is 0 Å². The van der Waals surface area contributed by atoms with Crippen LogP contribution in [-0.4, -0.2) is 33.1 Å². The molecule has 0 fully saturated rings. The highest BCUT2D eigenvalue weighted by atomic mass is 32.3. The summed E-state index contributed by atoms with van der Waals surface area (Å²) in [7, 11) is -8.75. The van der Waals surface area contributed by atoms with Crippen molar-refractivity contribution in [2.24, 2.45) is 0 Å². The Morgan fingerprint density at radius 1 is 0.762 bits per heavy atom. The van der Waals surface area contributed by atoms with Crippen LogP contribution >= 0.6 is 0 Å². The molecule has 0 aromatic rings. The van der Waals surface area contributed by atoms with E-state index in [4.69, 9.17) is 4.55 Å². The highest BCUT2D eigenvalue weighted by Gasteiger charge is 2.20. The van der Waals surface area contributed by atoms with Crippen LogP contribution in [0.2, 0.25) is 0 Å². The van der Waals surface area contributed by atoms with Crippen LogP contribution in [0.3, 0.4) is 0 Å². The maximum absolute atomic E-state index is 11.1. The lowest BCUT2D eigenvalue weighted by atomic mass is 10.1. The molecule has 21 heavy (non-hydrogen) atoms. The van der Waals surface area contributed by atoms with Crippen molar-refractivity contribution >= 4 is 20.2 Å². The van der Waals surface area contributed by atoms with Crippen LogP contribution < -0.4 is 0 Å². The van der Waals surface area contributed by atoms with Gasteiger partial charge in [0.25, 0.3) is 20.2 Å². The molecule has 0 spiro atoms. The zero-order valence-corrected chi connectivity index (χ0v) is 14.4. The van der Waals surface area contributed by atoms with E-state index in [1.54, 1.807) is 0 Å². The van der Waals surface area contributed by atoms with Gasteiger partial charge in [0.1, 0.15) is 0 Å². The molecule has 0 aromatic carbocycles. The first-order valence-electron chi connectivity index (χ1n) is 7.59. The maximum Gasteiger partial charge on any atom is 0.284 e. The van der Waals surface area contributed by atoms with Crippen molar-refractivity contribution < 1.29 is 25.6 Å². The second-order valence-electron chi connectivity index (χ2n) is 5.26. The molecule has 0 amide bonds. The molecule has 0 saturated heterocycles. The topological polar surface area (TPSA) is 97.7 Å². The van der Waals surface area contributed by atoms with Gasteiger partial charge in [-0.2, -0.15) is 16.8 Å². The van der Waals surface area contributed by atoms with Crippen LogP contribution in [0.25, 0.3) is 0 Å². The summed E-state index contributed by atoms with van der Waals surface area (Å²) in [6.07, 6.45) is 11.2. The molecular weight excluding hydrogens is 316 g/mol. The summed E-state index contributed by atoms with van der Waals surface area (Å²) >= 11 is 0. The van der Waals surface area contributed by atoms with Crippen LogP contribution in [0.4, 0.5) is 0 Å². The van der Waals surface area contributed by atoms with Crippen LogP contribution in [0.5, 0.6) is 0 Å². The van der Waals surface area contributed by atoms with Gasteiger partial charge in [0.15, 0.2) is 0 Å². The first-order chi connectivity index (χ1) is 9.77. The van der Waals surface area contributed by atoms with Crippen molar-refractivity contribution in [3.05, 3.63) is 0 Å². The number of hydrogen-bond acceptors (Lipinski definition) is 5. The molecule has 0 saturated carbocycles. The first-order valence-corrected chi connectivity index (χ1v) is 10.8. The molecule has 0 radical (unpaired) electrons. The van der Waals surface area contributed by atoms with E-state index in [1.807, 2.05) is 0 Å². The van der Waals surface area contributed by atoms with Crippen LogP contribution in [0, 0.1) is 0 Å². The second-order valence-corrected chi connectivity index (χ2v) is 8.72. The average molecular weight is 344 g/mol. The van der Waals surface area contributed by atoms with Crippen molar-refractivity contribution in [2.75, 3.05) is 11.7 Å². The van der Waals surface area contributed by atoms with Crippen LogP contribution in [-0.2, 0) is 24.4 Å². The van der Waals surface area contributed by atoms with E-state index < -0.39 is 25.3 Å². The van der Waals surface area contributed by atoms with Gasteiger partial charge in [0.2, 0.25) is 5.08 Å². The van der Waals surface area contributed by atoms with E-state index >= 15 is 0 Å². The Morgan fingerprint density at radius 2 is 1.19 bits per heavy atom. The Hall–Kier alpha value is -0.180. The predicted octanol–water partition coefficient (Wildman–Crippen LogP) is 3.10. The molecule has 128 valence electrons. The molecule has 0 aliphatic heterocycles. The van der Waals surface area contributed by atoms with E-state index in [1.165, 1.54) is 38.5 Å². The number of hydrogen-bond donors (Lipinski definition) is 1. The molecule has 0 aliphatic carbocycles. The summed E-state index contributed by atoms with van der Waals surface area (Å²) in [5.41, 5.74) is 0. The molecule has 0 aliphatic rings. The van der Waals surface area contributed by atoms with Crippen LogP contribution in [0.15, 0.2) is 0 Å². The van der Waals surface area contributed by atoms with E-state index in [-0.39, 0.29) is 6.61 Å².